The standard InChI is InChI=1S/C15H18N4O/c1-4-15(17-5-2)19-18-11(3)12-7-6-8-13(9-12)14(16)10-20/h4,6-9H,1,5,16H2,2-3H3,(H,17,19)/b18-11+. The van der Waals surface area contributed by atoms with Crippen molar-refractivity contribution in [2.45, 2.75) is 13.8 Å². The van der Waals surface area contributed by atoms with E-state index in [1.165, 1.54) is 0 Å². The van der Waals surface area contributed by atoms with Crippen LogP contribution in [-0.2, 0) is 4.79 Å². The topological polar surface area (TPSA) is 79.8 Å². The summed E-state index contributed by atoms with van der Waals surface area (Å²) in [6, 6.07) is 7.22. The average molecular weight is 270 g/mol. The van der Waals surface area contributed by atoms with Crippen molar-refractivity contribution in [2.75, 3.05) is 6.54 Å². The molecule has 0 saturated carbocycles. The summed E-state index contributed by atoms with van der Waals surface area (Å²) in [7, 11) is 0. The van der Waals surface area contributed by atoms with Gasteiger partial charge in [-0.15, -0.1) is 0 Å². The van der Waals surface area contributed by atoms with E-state index < -0.39 is 0 Å². The molecule has 0 aliphatic carbocycles. The van der Waals surface area contributed by atoms with E-state index in [-0.39, 0.29) is 5.70 Å². The summed E-state index contributed by atoms with van der Waals surface area (Å²) in [6.45, 7) is 8.08. The van der Waals surface area contributed by atoms with Crippen LogP contribution in [0.15, 0.2) is 47.0 Å². The Balaban J connectivity index is 2.97. The van der Waals surface area contributed by atoms with E-state index >= 15 is 0 Å². The first-order valence-electron chi connectivity index (χ1n) is 6.21. The predicted molar refractivity (Wildman–Crippen MR) is 83.2 cm³/mol. The summed E-state index contributed by atoms with van der Waals surface area (Å²) in [5.74, 6) is 2.29. The Morgan fingerprint density at radius 2 is 2.20 bits per heavy atom. The van der Waals surface area contributed by atoms with Crippen LogP contribution in [0.1, 0.15) is 25.0 Å². The molecule has 5 heteroatoms. The van der Waals surface area contributed by atoms with Gasteiger partial charge in [-0.2, -0.15) is 5.10 Å². The molecule has 20 heavy (non-hydrogen) atoms. The first kappa shape index (κ1) is 15.4. The van der Waals surface area contributed by atoms with Crippen LogP contribution in [-0.4, -0.2) is 24.0 Å². The lowest BCUT2D eigenvalue weighted by molar-refractivity contribution is 0.569. The van der Waals surface area contributed by atoms with Crippen molar-refractivity contribution in [3.05, 3.63) is 48.0 Å². The van der Waals surface area contributed by atoms with Crippen molar-refractivity contribution in [3.63, 3.8) is 0 Å². The van der Waals surface area contributed by atoms with Gasteiger partial charge in [0.25, 0.3) is 0 Å². The number of hydrogen-bond donors (Lipinski definition) is 2. The lowest BCUT2D eigenvalue weighted by atomic mass is 10.1. The minimum atomic E-state index is 0.0759. The highest BCUT2D eigenvalue weighted by molar-refractivity contribution is 6.01. The molecule has 3 N–H and O–H groups in total. The van der Waals surface area contributed by atoms with E-state index in [4.69, 9.17) is 5.73 Å². The molecule has 0 fully saturated rings. The third kappa shape index (κ3) is 4.23. The molecule has 1 aromatic carbocycles. The third-order valence-electron chi connectivity index (χ3n) is 2.56. The normalized spacial score (nSPS) is 11.7. The molecule has 0 bridgehead atoms. The molecule has 0 aliphatic heterocycles. The number of rotatable bonds is 5. The van der Waals surface area contributed by atoms with Gasteiger partial charge >= 0.3 is 0 Å². The molecule has 0 saturated heterocycles. The minimum absolute atomic E-state index is 0.0759. The zero-order valence-electron chi connectivity index (χ0n) is 11.7. The maximum absolute atomic E-state index is 10.6. The largest absolute Gasteiger partial charge is 0.389 e. The molecule has 0 amide bonds. The Morgan fingerprint density at radius 3 is 2.80 bits per heavy atom. The number of amidine groups is 1. The average Bonchev–Trinajstić information content (AvgIpc) is 2.50. The number of carbonyl (C=O) groups excluding carboxylic acids is 1. The van der Waals surface area contributed by atoms with Gasteiger partial charge in [-0.05, 0) is 31.6 Å². The third-order valence-corrected chi connectivity index (χ3v) is 2.56. The lowest BCUT2D eigenvalue weighted by Crippen LogP contribution is -2.17. The zero-order chi connectivity index (χ0) is 15.0. The van der Waals surface area contributed by atoms with Crippen LogP contribution in [0.2, 0.25) is 0 Å². The Bertz CT molecular complexity index is 596. The summed E-state index contributed by atoms with van der Waals surface area (Å²) >= 11 is 0. The van der Waals surface area contributed by atoms with Crippen molar-refractivity contribution in [1.82, 2.24) is 5.43 Å². The number of nitrogens with two attached hydrogens (primary N) is 1. The molecule has 0 aliphatic rings. The fourth-order valence-corrected chi connectivity index (χ4v) is 1.49. The number of hydrazone groups is 1. The van der Waals surface area contributed by atoms with E-state index in [0.29, 0.717) is 17.9 Å². The molecule has 5 nitrogen and oxygen atoms in total. The second-order valence-electron chi connectivity index (χ2n) is 3.97. The molecular weight excluding hydrogens is 252 g/mol. The van der Waals surface area contributed by atoms with Crippen LogP contribution < -0.4 is 11.2 Å². The minimum Gasteiger partial charge on any atom is -0.389 e. The monoisotopic (exact) mass is 270 g/mol. The Labute approximate surface area is 118 Å². The van der Waals surface area contributed by atoms with Crippen molar-refractivity contribution >= 4 is 23.2 Å². The molecule has 104 valence electrons. The van der Waals surface area contributed by atoms with Crippen LogP contribution in [0.3, 0.4) is 0 Å². The summed E-state index contributed by atoms with van der Waals surface area (Å²) in [5, 5.41) is 4.23. The van der Waals surface area contributed by atoms with Crippen LogP contribution in [0, 0.1) is 0 Å². The van der Waals surface area contributed by atoms with E-state index in [0.717, 1.165) is 11.3 Å². The summed E-state index contributed by atoms with van der Waals surface area (Å²) in [6.07, 6.45) is 1.60. The van der Waals surface area contributed by atoms with Gasteiger partial charge < -0.3 is 5.73 Å². The highest BCUT2D eigenvalue weighted by Crippen LogP contribution is 2.10. The first-order chi connectivity index (χ1) is 9.62. The predicted octanol–water partition coefficient (Wildman–Crippen LogP) is 1.74. The van der Waals surface area contributed by atoms with Gasteiger partial charge in [0.2, 0.25) is 0 Å². The zero-order valence-corrected chi connectivity index (χ0v) is 11.7. The highest BCUT2D eigenvalue weighted by atomic mass is 16.1. The molecule has 0 atom stereocenters. The lowest BCUT2D eigenvalue weighted by Gasteiger charge is -2.05. The van der Waals surface area contributed by atoms with Crippen LogP contribution >= 0.6 is 0 Å². The van der Waals surface area contributed by atoms with Crippen molar-refractivity contribution < 1.29 is 4.79 Å². The Kier molecular flexibility index (Phi) is 5.94. The van der Waals surface area contributed by atoms with E-state index in [1.807, 2.05) is 26.0 Å². The number of benzene rings is 1. The molecule has 0 spiro atoms. The van der Waals surface area contributed by atoms with Gasteiger partial charge in [-0.25, -0.2) is 4.79 Å². The molecule has 0 aromatic heterocycles. The van der Waals surface area contributed by atoms with Gasteiger partial charge in [-0.1, -0.05) is 24.8 Å². The van der Waals surface area contributed by atoms with Gasteiger partial charge in [0.05, 0.1) is 5.71 Å². The van der Waals surface area contributed by atoms with E-state index in [2.05, 4.69) is 22.1 Å². The molecular formula is C15H18N4O. The van der Waals surface area contributed by atoms with Crippen LogP contribution in [0.5, 0.6) is 0 Å². The van der Waals surface area contributed by atoms with Gasteiger partial charge in [0.15, 0.2) is 5.94 Å². The Morgan fingerprint density at radius 1 is 1.50 bits per heavy atom. The second-order valence-corrected chi connectivity index (χ2v) is 3.97. The van der Waals surface area contributed by atoms with Crippen LogP contribution in [0.4, 0.5) is 0 Å². The van der Waals surface area contributed by atoms with Crippen molar-refractivity contribution in [2.24, 2.45) is 15.8 Å². The summed E-state index contributed by atoms with van der Waals surface area (Å²) in [5.41, 5.74) is 10.7. The van der Waals surface area contributed by atoms with Crippen molar-refractivity contribution in [1.29, 1.82) is 0 Å². The summed E-state index contributed by atoms with van der Waals surface area (Å²) in [4.78, 5) is 14.7. The first-order valence-corrected chi connectivity index (χ1v) is 6.21. The van der Waals surface area contributed by atoms with Crippen molar-refractivity contribution in [3.8, 4) is 0 Å². The molecule has 1 aromatic rings. The molecule has 1 rings (SSSR count). The molecule has 0 radical (unpaired) electrons. The number of nitrogens with one attached hydrogen (secondary N) is 1. The second kappa shape index (κ2) is 7.71. The maximum atomic E-state index is 10.6. The number of hydrogen-bond acceptors (Lipinski definition) is 4. The number of aliphatic imine (C=N–C) groups is 1. The maximum Gasteiger partial charge on any atom is 0.150 e. The Hall–Kier alpha value is -2.65. The smallest absolute Gasteiger partial charge is 0.150 e. The van der Waals surface area contributed by atoms with Gasteiger partial charge in [0.1, 0.15) is 11.5 Å². The van der Waals surface area contributed by atoms with Crippen LogP contribution in [0.25, 0.3) is 5.70 Å². The highest BCUT2D eigenvalue weighted by Gasteiger charge is 2.02. The molecule has 0 unspecified atom stereocenters. The van der Waals surface area contributed by atoms with E-state index in [9.17, 15) is 4.79 Å². The fraction of sp³-hybridized carbons (Fsp3) is 0.200. The van der Waals surface area contributed by atoms with E-state index in [1.54, 1.807) is 24.2 Å². The SMILES string of the molecule is C=CC(=NCC)N/N=C(\C)c1cccc(C(N)=C=O)c1. The van der Waals surface area contributed by atoms with Gasteiger partial charge in [0, 0.05) is 12.1 Å². The summed E-state index contributed by atoms with van der Waals surface area (Å²) < 4.78 is 0. The van der Waals surface area contributed by atoms with Gasteiger partial charge in [-0.3, -0.25) is 10.4 Å². The number of nitrogens with zero attached hydrogens (tertiary/aromatic N) is 2. The molecule has 0 heterocycles. The fourth-order valence-electron chi connectivity index (χ4n) is 1.49. The quantitative estimate of drug-likeness (QED) is 0.370.